The van der Waals surface area contributed by atoms with Crippen molar-refractivity contribution in [3.63, 3.8) is 0 Å². The van der Waals surface area contributed by atoms with Gasteiger partial charge in [-0.15, -0.1) is 0 Å². The summed E-state index contributed by atoms with van der Waals surface area (Å²) >= 11 is 3.17. The van der Waals surface area contributed by atoms with Crippen molar-refractivity contribution >= 4 is 27.9 Å². The first kappa shape index (κ1) is 15.4. The maximum atomic E-state index is 11.5. The van der Waals surface area contributed by atoms with Crippen LogP contribution < -0.4 is 0 Å². The highest BCUT2D eigenvalue weighted by Crippen LogP contribution is 2.26. The van der Waals surface area contributed by atoms with Crippen LogP contribution in [0.2, 0.25) is 0 Å². The summed E-state index contributed by atoms with van der Waals surface area (Å²) in [4.78, 5) is 22.5. The number of carboxylic acid groups (broad SMARTS) is 1. The van der Waals surface area contributed by atoms with Crippen molar-refractivity contribution in [1.82, 2.24) is 0 Å². The second kappa shape index (κ2) is 5.66. The molecule has 0 aromatic rings. The normalized spacial score (nSPS) is 15.3. The van der Waals surface area contributed by atoms with E-state index in [-0.39, 0.29) is 6.61 Å². The first-order chi connectivity index (χ1) is 7.13. The number of hydrogen-bond acceptors (Lipinski definition) is 3. The number of halogens is 1. The summed E-state index contributed by atoms with van der Waals surface area (Å²) < 4.78 is 4.24. The molecule has 0 fully saturated rings. The number of esters is 1. The van der Waals surface area contributed by atoms with Crippen LogP contribution in [-0.2, 0) is 14.3 Å². The Labute approximate surface area is 104 Å². The minimum atomic E-state index is -0.997. The van der Waals surface area contributed by atoms with Crippen LogP contribution in [0.15, 0.2) is 0 Å². The van der Waals surface area contributed by atoms with Crippen molar-refractivity contribution in [2.24, 2.45) is 5.41 Å². The van der Waals surface area contributed by atoms with Gasteiger partial charge in [0.15, 0.2) is 0 Å². The first-order valence-electron chi connectivity index (χ1n) is 5.23. The molecule has 0 aliphatic carbocycles. The SMILES string of the molecule is CCCC(C)(COC(=O)C(C)(C)Br)C(=O)O. The summed E-state index contributed by atoms with van der Waals surface area (Å²) in [5.74, 6) is -1.38. The van der Waals surface area contributed by atoms with Crippen molar-refractivity contribution in [1.29, 1.82) is 0 Å². The van der Waals surface area contributed by atoms with Crippen LogP contribution in [0.4, 0.5) is 0 Å². The lowest BCUT2D eigenvalue weighted by molar-refractivity contribution is -0.159. The van der Waals surface area contributed by atoms with Crippen LogP contribution >= 0.6 is 15.9 Å². The number of ether oxygens (including phenoxy) is 1. The molecular formula is C11H19BrO4. The van der Waals surface area contributed by atoms with E-state index in [1.54, 1.807) is 20.8 Å². The van der Waals surface area contributed by atoms with Gasteiger partial charge in [-0.1, -0.05) is 29.3 Å². The molecule has 0 aromatic heterocycles. The van der Waals surface area contributed by atoms with Crippen LogP contribution in [0.1, 0.15) is 40.5 Å². The maximum Gasteiger partial charge on any atom is 0.322 e. The van der Waals surface area contributed by atoms with Crippen LogP contribution in [-0.4, -0.2) is 28.0 Å². The average Bonchev–Trinajstić information content (AvgIpc) is 2.12. The molecule has 0 radical (unpaired) electrons. The van der Waals surface area contributed by atoms with Gasteiger partial charge in [-0.05, 0) is 27.2 Å². The third-order valence-corrected chi connectivity index (χ3v) is 2.65. The van der Waals surface area contributed by atoms with Crippen molar-refractivity contribution in [3.8, 4) is 0 Å². The fraction of sp³-hybridized carbons (Fsp3) is 0.818. The Bertz CT molecular complexity index is 270. The molecule has 94 valence electrons. The van der Waals surface area contributed by atoms with Crippen molar-refractivity contribution in [2.75, 3.05) is 6.61 Å². The fourth-order valence-electron chi connectivity index (χ4n) is 1.19. The second-order valence-corrected chi connectivity index (χ2v) is 6.65. The molecule has 0 heterocycles. The smallest absolute Gasteiger partial charge is 0.322 e. The van der Waals surface area contributed by atoms with Crippen LogP contribution in [0.5, 0.6) is 0 Å². The molecule has 0 bridgehead atoms. The highest BCUT2D eigenvalue weighted by Gasteiger charge is 2.35. The summed E-state index contributed by atoms with van der Waals surface area (Å²) in [5.41, 5.74) is -0.997. The molecule has 0 aliphatic heterocycles. The van der Waals surface area contributed by atoms with Gasteiger partial charge in [0.2, 0.25) is 0 Å². The highest BCUT2D eigenvalue weighted by molar-refractivity contribution is 9.10. The Morgan fingerprint density at radius 3 is 2.12 bits per heavy atom. The van der Waals surface area contributed by atoms with Gasteiger partial charge in [-0.2, -0.15) is 0 Å². The van der Waals surface area contributed by atoms with Gasteiger partial charge in [0, 0.05) is 0 Å². The minimum Gasteiger partial charge on any atom is -0.481 e. The summed E-state index contributed by atoms with van der Waals surface area (Å²) in [5, 5.41) is 9.08. The number of rotatable bonds is 6. The second-order valence-electron chi connectivity index (χ2n) is 4.66. The first-order valence-corrected chi connectivity index (χ1v) is 6.02. The highest BCUT2D eigenvalue weighted by atomic mass is 79.9. The van der Waals surface area contributed by atoms with Gasteiger partial charge in [-0.3, -0.25) is 9.59 Å². The lowest BCUT2D eigenvalue weighted by Gasteiger charge is -2.25. The van der Waals surface area contributed by atoms with E-state index in [1.807, 2.05) is 6.92 Å². The van der Waals surface area contributed by atoms with Crippen molar-refractivity contribution in [2.45, 2.75) is 44.9 Å². The Morgan fingerprint density at radius 2 is 1.81 bits per heavy atom. The van der Waals surface area contributed by atoms with Crippen molar-refractivity contribution < 1.29 is 19.4 Å². The molecule has 0 aliphatic rings. The van der Waals surface area contributed by atoms with Gasteiger partial charge in [0.25, 0.3) is 0 Å². The summed E-state index contributed by atoms with van der Waals surface area (Å²) in [6, 6.07) is 0. The summed E-state index contributed by atoms with van der Waals surface area (Å²) in [6.07, 6.45) is 1.22. The van der Waals surface area contributed by atoms with Crippen LogP contribution in [0.3, 0.4) is 0 Å². The van der Waals surface area contributed by atoms with Gasteiger partial charge < -0.3 is 9.84 Å². The van der Waals surface area contributed by atoms with E-state index in [2.05, 4.69) is 15.9 Å². The van der Waals surface area contributed by atoms with E-state index < -0.39 is 21.7 Å². The predicted molar refractivity (Wildman–Crippen MR) is 64.6 cm³/mol. The molecule has 1 N–H and O–H groups in total. The molecule has 0 saturated carbocycles. The monoisotopic (exact) mass is 294 g/mol. The van der Waals surface area contributed by atoms with Gasteiger partial charge in [0.1, 0.15) is 10.9 Å². The third-order valence-electron chi connectivity index (χ3n) is 2.33. The average molecular weight is 295 g/mol. The Balaban J connectivity index is 4.46. The minimum absolute atomic E-state index is 0.0932. The Kier molecular flexibility index (Phi) is 5.46. The number of carbonyl (C=O) groups is 2. The molecule has 0 amide bonds. The standard InChI is InChI=1S/C11H19BrO4/c1-5-6-11(4,8(13)14)7-16-9(15)10(2,3)12/h5-7H2,1-4H3,(H,13,14). The molecule has 1 atom stereocenters. The van der Waals surface area contributed by atoms with E-state index >= 15 is 0 Å². The zero-order valence-corrected chi connectivity index (χ0v) is 11.8. The third kappa shape index (κ3) is 4.51. The van der Waals surface area contributed by atoms with Crippen LogP contribution in [0, 0.1) is 5.41 Å². The predicted octanol–water partition coefficient (Wildman–Crippen LogP) is 2.59. The van der Waals surface area contributed by atoms with E-state index in [0.29, 0.717) is 6.42 Å². The zero-order valence-electron chi connectivity index (χ0n) is 10.2. The molecule has 0 rings (SSSR count). The lowest BCUT2D eigenvalue weighted by Crippen LogP contribution is -2.36. The lowest BCUT2D eigenvalue weighted by atomic mass is 9.87. The molecule has 0 aromatic carbocycles. The van der Waals surface area contributed by atoms with E-state index in [1.165, 1.54) is 0 Å². The van der Waals surface area contributed by atoms with Crippen molar-refractivity contribution in [3.05, 3.63) is 0 Å². The van der Waals surface area contributed by atoms with Crippen LogP contribution in [0.25, 0.3) is 0 Å². The van der Waals surface area contributed by atoms with E-state index in [4.69, 9.17) is 9.84 Å². The number of alkyl halides is 1. The topological polar surface area (TPSA) is 63.6 Å². The zero-order chi connectivity index (χ0) is 13.0. The quantitative estimate of drug-likeness (QED) is 0.604. The fourth-order valence-corrected chi connectivity index (χ4v) is 1.30. The molecule has 16 heavy (non-hydrogen) atoms. The Hall–Kier alpha value is -0.580. The maximum absolute atomic E-state index is 11.5. The summed E-state index contributed by atoms with van der Waals surface area (Å²) in [7, 11) is 0. The Morgan fingerprint density at radius 1 is 1.31 bits per heavy atom. The molecule has 0 spiro atoms. The summed E-state index contributed by atoms with van der Waals surface area (Å²) in [6.45, 7) is 6.72. The van der Waals surface area contributed by atoms with Gasteiger partial charge in [-0.25, -0.2) is 0 Å². The van der Waals surface area contributed by atoms with Gasteiger partial charge >= 0.3 is 11.9 Å². The molecule has 1 unspecified atom stereocenters. The molecular weight excluding hydrogens is 276 g/mol. The molecule has 5 heteroatoms. The molecule has 4 nitrogen and oxygen atoms in total. The van der Waals surface area contributed by atoms with Gasteiger partial charge in [0.05, 0.1) is 5.41 Å². The van der Waals surface area contributed by atoms with E-state index in [0.717, 1.165) is 6.42 Å². The molecule has 0 saturated heterocycles. The van der Waals surface area contributed by atoms with E-state index in [9.17, 15) is 9.59 Å². The number of aliphatic carboxylic acids is 1. The number of carbonyl (C=O) groups excluding carboxylic acids is 1. The number of hydrogen-bond donors (Lipinski definition) is 1. The number of carboxylic acids is 1. The largest absolute Gasteiger partial charge is 0.481 e.